The summed E-state index contributed by atoms with van der Waals surface area (Å²) in [6.45, 7) is 9.58. The molecule has 3 aliphatic rings. The maximum Gasteiger partial charge on any atom is 0.270 e. The summed E-state index contributed by atoms with van der Waals surface area (Å²) < 4.78 is 43.1. The molecule has 5 atom stereocenters. The lowest BCUT2D eigenvalue weighted by atomic mass is 9.80. The molecule has 10 nitrogen and oxygen atoms in total. The van der Waals surface area contributed by atoms with Gasteiger partial charge in [0.1, 0.15) is 29.1 Å². The van der Waals surface area contributed by atoms with Gasteiger partial charge in [0.2, 0.25) is 17.7 Å². The van der Waals surface area contributed by atoms with Crippen molar-refractivity contribution in [1.82, 2.24) is 19.7 Å². The molecule has 1 aliphatic carbocycles. The Morgan fingerprint density at radius 2 is 1.76 bits per heavy atom. The van der Waals surface area contributed by atoms with Crippen molar-refractivity contribution in [2.24, 2.45) is 17.3 Å². The summed E-state index contributed by atoms with van der Waals surface area (Å²) in [5.74, 6) is -6.21. The van der Waals surface area contributed by atoms with Crippen molar-refractivity contribution in [1.29, 1.82) is 5.26 Å². The van der Waals surface area contributed by atoms with Gasteiger partial charge in [0.25, 0.3) is 5.91 Å². The lowest BCUT2D eigenvalue weighted by Gasteiger charge is -2.39. The zero-order valence-corrected chi connectivity index (χ0v) is 29.2. The maximum atomic E-state index is 14.8. The second kappa shape index (κ2) is 11.9. The van der Waals surface area contributed by atoms with Crippen molar-refractivity contribution >= 4 is 40.2 Å². The quantitative estimate of drug-likeness (QED) is 0.323. The molecule has 13 heteroatoms. The van der Waals surface area contributed by atoms with Crippen LogP contribution in [0.15, 0.2) is 36.4 Å². The van der Waals surface area contributed by atoms with E-state index in [0.717, 1.165) is 11.6 Å². The summed E-state index contributed by atoms with van der Waals surface area (Å²) in [4.78, 5) is 63.2. The molecule has 4 amide bonds. The van der Waals surface area contributed by atoms with Crippen LogP contribution in [0.1, 0.15) is 69.9 Å². The Balaban J connectivity index is 1.34. The monoisotopic (exact) mass is 690 g/mol. The highest BCUT2D eigenvalue weighted by Gasteiger charge is 2.69. The number of anilines is 1. The van der Waals surface area contributed by atoms with Crippen LogP contribution in [0.2, 0.25) is 0 Å². The Kier molecular flexibility index (Phi) is 8.31. The van der Waals surface area contributed by atoms with Crippen molar-refractivity contribution in [3.8, 4) is 6.07 Å². The fourth-order valence-corrected chi connectivity index (χ4v) is 8.19. The van der Waals surface area contributed by atoms with E-state index in [0.29, 0.717) is 11.8 Å². The SMILES string of the molecule is CC(C)C[C@@H](C(=O)N1C[C@]2(C[C@H]1C#N)C(=O)Nc1ccccc12)N(C)C(=O)C1(N(C)C(=O)c2cc3c(F)cc(F)c(F)c3[nH]2)CC1C(C)(C)C. The van der Waals surface area contributed by atoms with Crippen LogP contribution < -0.4 is 5.32 Å². The number of likely N-dealkylation sites (tertiary alicyclic amines) is 1. The molecule has 2 N–H and O–H groups in total. The van der Waals surface area contributed by atoms with Gasteiger partial charge in [0.05, 0.1) is 17.0 Å². The first kappa shape index (κ1) is 35.0. The summed E-state index contributed by atoms with van der Waals surface area (Å²) in [6.07, 6.45) is 0.602. The molecule has 0 radical (unpaired) electrons. The average molecular weight is 691 g/mol. The second-order valence-electron chi connectivity index (χ2n) is 15.5. The van der Waals surface area contributed by atoms with Crippen LogP contribution in [-0.2, 0) is 19.8 Å². The highest BCUT2D eigenvalue weighted by molar-refractivity contribution is 6.08. The fourth-order valence-electron chi connectivity index (χ4n) is 8.19. The minimum absolute atomic E-state index is 0.0359. The molecule has 1 saturated heterocycles. The number of nitrogens with one attached hydrogen (secondary N) is 2. The number of aromatic amines is 1. The van der Waals surface area contributed by atoms with Crippen LogP contribution in [0.25, 0.3) is 10.9 Å². The van der Waals surface area contributed by atoms with Crippen LogP contribution in [0.5, 0.6) is 0 Å². The number of halogens is 3. The smallest absolute Gasteiger partial charge is 0.270 e. The van der Waals surface area contributed by atoms with Crippen molar-refractivity contribution in [3.05, 3.63) is 65.1 Å². The van der Waals surface area contributed by atoms with Gasteiger partial charge in [0, 0.05) is 44.2 Å². The number of H-pyrrole nitrogens is 1. The first-order valence-corrected chi connectivity index (χ1v) is 16.7. The molecular formula is C37H41F3N6O4. The van der Waals surface area contributed by atoms with Crippen LogP contribution in [-0.4, -0.2) is 81.6 Å². The Morgan fingerprint density at radius 3 is 2.38 bits per heavy atom. The van der Waals surface area contributed by atoms with E-state index in [1.807, 2.05) is 40.7 Å². The van der Waals surface area contributed by atoms with E-state index in [4.69, 9.17) is 0 Å². The molecule has 3 heterocycles. The fraction of sp³-hybridized carbons (Fsp3) is 0.486. The van der Waals surface area contributed by atoms with Crippen molar-refractivity contribution in [3.63, 3.8) is 0 Å². The maximum absolute atomic E-state index is 14.8. The molecule has 2 fully saturated rings. The predicted molar refractivity (Wildman–Crippen MR) is 179 cm³/mol. The minimum atomic E-state index is -1.43. The number of hydrogen-bond donors (Lipinski definition) is 2. The third kappa shape index (κ3) is 5.22. The van der Waals surface area contributed by atoms with E-state index < -0.39 is 69.1 Å². The number of aromatic nitrogens is 1. The number of nitrogens with zero attached hydrogens (tertiary/aromatic N) is 4. The first-order chi connectivity index (χ1) is 23.4. The minimum Gasteiger partial charge on any atom is -0.348 e. The first-order valence-electron chi connectivity index (χ1n) is 16.7. The third-order valence-electron chi connectivity index (χ3n) is 10.9. The molecule has 2 aromatic carbocycles. The van der Waals surface area contributed by atoms with E-state index in [9.17, 15) is 37.6 Å². The van der Waals surface area contributed by atoms with Crippen molar-refractivity contribution in [2.75, 3.05) is 26.0 Å². The van der Waals surface area contributed by atoms with Crippen molar-refractivity contribution in [2.45, 2.75) is 76.9 Å². The summed E-state index contributed by atoms with van der Waals surface area (Å²) in [7, 11) is 2.94. The Labute approximate surface area is 288 Å². The van der Waals surface area contributed by atoms with Crippen LogP contribution in [0.3, 0.4) is 0 Å². The molecule has 1 saturated carbocycles. The number of rotatable bonds is 7. The predicted octanol–water partition coefficient (Wildman–Crippen LogP) is 5.35. The van der Waals surface area contributed by atoms with E-state index in [2.05, 4.69) is 16.4 Å². The normalized spacial score (nSPS) is 24.7. The molecule has 264 valence electrons. The van der Waals surface area contributed by atoms with Gasteiger partial charge in [0.15, 0.2) is 11.6 Å². The van der Waals surface area contributed by atoms with Crippen LogP contribution >= 0.6 is 0 Å². The summed E-state index contributed by atoms with van der Waals surface area (Å²) in [6, 6.07) is 8.95. The topological polar surface area (TPSA) is 130 Å². The zero-order valence-electron chi connectivity index (χ0n) is 29.2. The molecule has 3 aromatic rings. The second-order valence-corrected chi connectivity index (χ2v) is 15.5. The molecule has 2 aliphatic heterocycles. The van der Waals surface area contributed by atoms with Gasteiger partial charge in [-0.3, -0.25) is 19.2 Å². The summed E-state index contributed by atoms with van der Waals surface area (Å²) >= 11 is 0. The number of carbonyl (C=O) groups excluding carboxylic acids is 4. The van der Waals surface area contributed by atoms with Gasteiger partial charge < -0.3 is 25.0 Å². The van der Waals surface area contributed by atoms with Gasteiger partial charge in [-0.1, -0.05) is 52.8 Å². The van der Waals surface area contributed by atoms with Gasteiger partial charge in [-0.15, -0.1) is 0 Å². The Morgan fingerprint density at radius 1 is 1.08 bits per heavy atom. The van der Waals surface area contributed by atoms with Gasteiger partial charge in [-0.25, -0.2) is 13.2 Å². The van der Waals surface area contributed by atoms with Crippen LogP contribution in [0.4, 0.5) is 18.9 Å². The lowest BCUT2D eigenvalue weighted by molar-refractivity contribution is -0.149. The van der Waals surface area contributed by atoms with Gasteiger partial charge in [-0.05, 0) is 47.8 Å². The zero-order chi connectivity index (χ0) is 36.7. The lowest BCUT2D eigenvalue weighted by Crippen LogP contribution is -2.58. The van der Waals surface area contributed by atoms with E-state index in [1.54, 1.807) is 18.2 Å². The number of para-hydroxylation sites is 1. The number of fused-ring (bicyclic) bond motifs is 3. The molecule has 1 aromatic heterocycles. The highest BCUT2D eigenvalue weighted by atomic mass is 19.2. The molecule has 2 unspecified atom stereocenters. The number of nitriles is 1. The average Bonchev–Trinajstić information content (AvgIpc) is 3.36. The Hall–Kier alpha value is -4.86. The van der Waals surface area contributed by atoms with E-state index in [-0.39, 0.29) is 54.6 Å². The number of benzene rings is 2. The number of hydrogen-bond acceptors (Lipinski definition) is 5. The largest absolute Gasteiger partial charge is 0.348 e. The van der Waals surface area contributed by atoms with Gasteiger partial charge >= 0.3 is 0 Å². The van der Waals surface area contributed by atoms with E-state index in [1.165, 1.54) is 28.8 Å². The molecule has 1 spiro atoms. The summed E-state index contributed by atoms with van der Waals surface area (Å²) in [5.41, 5.74) is -2.39. The molecule has 50 heavy (non-hydrogen) atoms. The van der Waals surface area contributed by atoms with Crippen molar-refractivity contribution < 1.29 is 32.3 Å². The molecular weight excluding hydrogens is 649 g/mol. The van der Waals surface area contributed by atoms with E-state index >= 15 is 0 Å². The number of carbonyl (C=O) groups is 4. The number of amides is 4. The molecule has 0 bridgehead atoms. The van der Waals surface area contributed by atoms with Crippen LogP contribution in [0, 0.1) is 46.0 Å². The number of likely N-dealkylation sites (N-methyl/N-ethyl adjacent to an activating group) is 2. The summed E-state index contributed by atoms with van der Waals surface area (Å²) in [5, 5.41) is 12.8. The standard InChI is InChI=1S/C37H41F3N6O4/c1-19(2)12-27(32(48)46-18-36(15-20(46)17-41)22-10-8-9-11-25(22)43-33(36)49)44(6)34(50)37(16-28(37)35(3,4)5)45(7)31(47)26-13-21-23(38)14-24(39)29(40)30(21)42-26/h8-11,13-14,19-20,27-28,42H,12,15-16,18H2,1-7H3,(H,43,49)/t20-,27-,28?,36-,37?/m0/s1. The molecule has 6 rings (SSSR count). The highest BCUT2D eigenvalue weighted by Crippen LogP contribution is 2.58. The third-order valence-corrected chi connectivity index (χ3v) is 10.9. The Bertz CT molecular complexity index is 1980. The van der Waals surface area contributed by atoms with Gasteiger partial charge in [-0.2, -0.15) is 5.26 Å².